The lowest BCUT2D eigenvalue weighted by Gasteiger charge is -2.05. The van der Waals surface area contributed by atoms with Crippen molar-refractivity contribution in [2.45, 2.75) is 6.43 Å². The van der Waals surface area contributed by atoms with Crippen LogP contribution in [0.25, 0.3) is 0 Å². The molecule has 0 aromatic carbocycles. The Bertz CT molecular complexity index is 344. The molecule has 0 aliphatic carbocycles. The maximum absolute atomic E-state index is 12.2. The number of aromatic nitrogens is 1. The van der Waals surface area contributed by atoms with Crippen LogP contribution in [0.15, 0.2) is 6.20 Å². The lowest BCUT2D eigenvalue weighted by Crippen LogP contribution is -2.00. The Labute approximate surface area is 85.9 Å². The molecular weight excluding hydrogens is 295 g/mol. The van der Waals surface area contributed by atoms with E-state index in [1.165, 1.54) is 0 Å². The number of hydrogen-bond donors (Lipinski definition) is 1. The Balaban J connectivity index is 3.38. The first kappa shape index (κ1) is 10.3. The highest BCUT2D eigenvalue weighted by molar-refractivity contribution is 14.1. The second kappa shape index (κ2) is 3.95. The molecule has 0 saturated heterocycles. The third-order valence-corrected chi connectivity index (χ3v) is 2.52. The molecule has 0 fully saturated rings. The van der Waals surface area contributed by atoms with Crippen molar-refractivity contribution >= 4 is 28.9 Å². The van der Waals surface area contributed by atoms with Crippen LogP contribution in [0.1, 0.15) is 22.5 Å². The van der Waals surface area contributed by atoms with Gasteiger partial charge in [0, 0.05) is 0 Å². The number of aromatic hydroxyl groups is 1. The Morgan fingerprint density at radius 3 is 2.69 bits per heavy atom. The van der Waals surface area contributed by atoms with Crippen LogP contribution >= 0.6 is 22.6 Å². The molecule has 1 aromatic heterocycles. The smallest absolute Gasteiger partial charge is 0.281 e. The summed E-state index contributed by atoms with van der Waals surface area (Å²) in [5, 5.41) is 9.06. The Hall–Kier alpha value is -0.790. The number of halogens is 3. The Kier molecular flexibility index (Phi) is 3.12. The normalized spacial score (nSPS) is 10.5. The van der Waals surface area contributed by atoms with Gasteiger partial charge in [0.05, 0.1) is 15.3 Å². The van der Waals surface area contributed by atoms with E-state index in [2.05, 4.69) is 4.98 Å². The summed E-state index contributed by atoms with van der Waals surface area (Å²) in [7, 11) is 0. The topological polar surface area (TPSA) is 50.2 Å². The van der Waals surface area contributed by atoms with Crippen LogP contribution in [-0.4, -0.2) is 16.4 Å². The predicted molar refractivity (Wildman–Crippen MR) is 49.0 cm³/mol. The van der Waals surface area contributed by atoms with Crippen LogP contribution in [0.4, 0.5) is 8.78 Å². The van der Waals surface area contributed by atoms with Crippen molar-refractivity contribution in [1.82, 2.24) is 4.98 Å². The average molecular weight is 299 g/mol. The molecule has 0 saturated carbocycles. The first-order valence-electron chi connectivity index (χ1n) is 3.18. The number of hydrogen-bond acceptors (Lipinski definition) is 3. The third kappa shape index (κ3) is 1.93. The van der Waals surface area contributed by atoms with E-state index in [0.29, 0.717) is 0 Å². The van der Waals surface area contributed by atoms with Gasteiger partial charge in [-0.2, -0.15) is 0 Å². The van der Waals surface area contributed by atoms with Crippen molar-refractivity contribution in [3.05, 3.63) is 21.0 Å². The highest BCUT2D eigenvalue weighted by Crippen LogP contribution is 2.28. The molecule has 6 heteroatoms. The molecule has 70 valence electrons. The maximum atomic E-state index is 12.2. The predicted octanol–water partition coefficient (Wildman–Crippen LogP) is 2.14. The van der Waals surface area contributed by atoms with E-state index in [-0.39, 0.29) is 21.2 Å². The van der Waals surface area contributed by atoms with Crippen LogP contribution < -0.4 is 0 Å². The molecule has 0 unspecified atom stereocenters. The van der Waals surface area contributed by atoms with Crippen LogP contribution in [0.2, 0.25) is 0 Å². The van der Waals surface area contributed by atoms with E-state index in [9.17, 15) is 13.6 Å². The molecule has 13 heavy (non-hydrogen) atoms. The van der Waals surface area contributed by atoms with Crippen molar-refractivity contribution in [3.63, 3.8) is 0 Å². The number of aldehydes is 1. The summed E-state index contributed by atoms with van der Waals surface area (Å²) in [5.74, 6) is -0.271. The van der Waals surface area contributed by atoms with Crippen molar-refractivity contribution in [1.29, 1.82) is 0 Å². The van der Waals surface area contributed by atoms with Crippen molar-refractivity contribution in [2.24, 2.45) is 0 Å². The number of nitrogens with zero attached hydrogens (tertiary/aromatic N) is 1. The van der Waals surface area contributed by atoms with E-state index in [0.717, 1.165) is 6.20 Å². The molecule has 0 atom stereocenters. The van der Waals surface area contributed by atoms with Gasteiger partial charge in [0.1, 0.15) is 11.4 Å². The molecule has 0 amide bonds. The van der Waals surface area contributed by atoms with Gasteiger partial charge in [-0.3, -0.25) is 9.78 Å². The van der Waals surface area contributed by atoms with E-state index in [1.807, 2.05) is 0 Å². The minimum absolute atomic E-state index is 0.0953. The number of carbonyl (C=O) groups excluding carboxylic acids is 1. The van der Waals surface area contributed by atoms with E-state index < -0.39 is 12.1 Å². The van der Waals surface area contributed by atoms with Crippen LogP contribution in [0.5, 0.6) is 5.75 Å². The van der Waals surface area contributed by atoms with Crippen molar-refractivity contribution in [3.8, 4) is 5.75 Å². The number of alkyl halides is 2. The molecular formula is C7H4F2INO2. The van der Waals surface area contributed by atoms with Crippen LogP contribution in [0, 0.1) is 3.57 Å². The first-order valence-corrected chi connectivity index (χ1v) is 4.26. The zero-order chi connectivity index (χ0) is 10.0. The van der Waals surface area contributed by atoms with Gasteiger partial charge in [-0.05, 0) is 22.6 Å². The van der Waals surface area contributed by atoms with Gasteiger partial charge in [-0.25, -0.2) is 8.78 Å². The fraction of sp³-hybridized carbons (Fsp3) is 0.143. The summed E-state index contributed by atoms with van der Waals surface area (Å²) in [6.07, 6.45) is -1.65. The SMILES string of the molecule is O=Cc1c(C(F)F)ncc(O)c1I. The number of pyridine rings is 1. The molecule has 3 nitrogen and oxygen atoms in total. The molecule has 0 radical (unpaired) electrons. The van der Waals surface area contributed by atoms with Gasteiger partial charge >= 0.3 is 0 Å². The molecule has 0 aliphatic rings. The number of rotatable bonds is 2. The van der Waals surface area contributed by atoms with E-state index in [4.69, 9.17) is 5.11 Å². The van der Waals surface area contributed by atoms with Gasteiger partial charge < -0.3 is 5.11 Å². The maximum Gasteiger partial charge on any atom is 0.281 e. The highest BCUT2D eigenvalue weighted by Gasteiger charge is 2.18. The summed E-state index contributed by atoms with van der Waals surface area (Å²) in [4.78, 5) is 13.7. The zero-order valence-electron chi connectivity index (χ0n) is 6.17. The Morgan fingerprint density at radius 2 is 2.23 bits per heavy atom. The number of carbonyl (C=O) groups is 1. The minimum Gasteiger partial charge on any atom is -0.505 e. The quantitative estimate of drug-likeness (QED) is 0.672. The fourth-order valence-corrected chi connectivity index (χ4v) is 1.34. The van der Waals surface area contributed by atoms with Crippen LogP contribution in [0.3, 0.4) is 0 Å². The highest BCUT2D eigenvalue weighted by atomic mass is 127. The first-order chi connectivity index (χ1) is 6.07. The summed E-state index contributed by atoms with van der Waals surface area (Å²) < 4.78 is 24.5. The fourth-order valence-electron chi connectivity index (χ4n) is 0.793. The summed E-state index contributed by atoms with van der Waals surface area (Å²) >= 11 is 1.61. The molecule has 0 bridgehead atoms. The van der Waals surface area contributed by atoms with Gasteiger partial charge in [0.15, 0.2) is 6.29 Å². The monoisotopic (exact) mass is 299 g/mol. The van der Waals surface area contributed by atoms with E-state index in [1.54, 1.807) is 22.6 Å². The van der Waals surface area contributed by atoms with Gasteiger partial charge in [0.25, 0.3) is 6.43 Å². The summed E-state index contributed by atoms with van der Waals surface area (Å²) in [6, 6.07) is 0. The Morgan fingerprint density at radius 1 is 1.62 bits per heavy atom. The standard InChI is InChI=1S/C7H4F2INO2/c8-7(9)6-3(2-12)5(10)4(13)1-11-6/h1-2,7,13H. The van der Waals surface area contributed by atoms with Gasteiger partial charge in [-0.1, -0.05) is 0 Å². The second-order valence-electron chi connectivity index (χ2n) is 2.17. The molecule has 1 aromatic rings. The summed E-state index contributed by atoms with van der Waals surface area (Å²) in [6.45, 7) is 0. The molecule has 1 N–H and O–H groups in total. The molecule has 0 spiro atoms. The van der Waals surface area contributed by atoms with Gasteiger partial charge in [-0.15, -0.1) is 0 Å². The second-order valence-corrected chi connectivity index (χ2v) is 3.25. The third-order valence-electron chi connectivity index (χ3n) is 1.39. The largest absolute Gasteiger partial charge is 0.505 e. The average Bonchev–Trinajstić information content (AvgIpc) is 2.09. The van der Waals surface area contributed by atoms with Crippen LogP contribution in [-0.2, 0) is 0 Å². The lowest BCUT2D eigenvalue weighted by molar-refractivity contribution is 0.110. The summed E-state index contributed by atoms with van der Waals surface area (Å²) in [5.41, 5.74) is -0.854. The lowest BCUT2D eigenvalue weighted by atomic mass is 10.2. The molecule has 0 aliphatic heterocycles. The van der Waals surface area contributed by atoms with E-state index >= 15 is 0 Å². The van der Waals surface area contributed by atoms with Gasteiger partial charge in [0.2, 0.25) is 0 Å². The van der Waals surface area contributed by atoms with Crippen molar-refractivity contribution < 1.29 is 18.7 Å². The van der Waals surface area contributed by atoms with Crippen molar-refractivity contribution in [2.75, 3.05) is 0 Å². The molecule has 1 heterocycles. The molecule has 1 rings (SSSR count). The zero-order valence-corrected chi connectivity index (χ0v) is 8.33. The minimum atomic E-state index is -2.81.